The molecule has 4 rings (SSSR count). The van der Waals surface area contributed by atoms with Gasteiger partial charge in [0.2, 0.25) is 0 Å². The molecule has 3 heterocycles. The molecule has 1 aromatic carbocycles. The van der Waals surface area contributed by atoms with E-state index < -0.39 is 5.97 Å². The number of aromatic nitrogens is 2. The fourth-order valence-electron chi connectivity index (χ4n) is 4.09. The van der Waals surface area contributed by atoms with Crippen molar-refractivity contribution in [1.82, 2.24) is 14.3 Å². The summed E-state index contributed by atoms with van der Waals surface area (Å²) >= 11 is 0. The molecule has 1 saturated heterocycles. The van der Waals surface area contributed by atoms with Crippen LogP contribution in [0.15, 0.2) is 36.5 Å². The molecular weight excluding hydrogens is 384 g/mol. The molecule has 0 amide bonds. The van der Waals surface area contributed by atoms with Gasteiger partial charge in [-0.05, 0) is 49.7 Å². The molecular formula is C22H26N4O4. The first-order valence-electron chi connectivity index (χ1n) is 9.94. The highest BCUT2D eigenvalue weighted by Crippen LogP contribution is 2.36. The zero-order chi connectivity index (χ0) is 21.3. The Kier molecular flexibility index (Phi) is 5.50. The number of ether oxygens (including phenoxy) is 2. The van der Waals surface area contributed by atoms with Crippen LogP contribution in [0.25, 0.3) is 16.9 Å². The number of carbonyl (C=O) groups is 1. The van der Waals surface area contributed by atoms with Gasteiger partial charge in [0.15, 0.2) is 0 Å². The van der Waals surface area contributed by atoms with Gasteiger partial charge in [0, 0.05) is 30.5 Å². The van der Waals surface area contributed by atoms with E-state index in [1.54, 1.807) is 14.2 Å². The van der Waals surface area contributed by atoms with Gasteiger partial charge in [0.1, 0.15) is 17.1 Å². The van der Waals surface area contributed by atoms with E-state index >= 15 is 0 Å². The second-order valence-electron chi connectivity index (χ2n) is 7.58. The molecule has 8 nitrogen and oxygen atoms in total. The smallest absolute Gasteiger partial charge is 0.307 e. The van der Waals surface area contributed by atoms with Crippen molar-refractivity contribution >= 4 is 17.3 Å². The maximum Gasteiger partial charge on any atom is 0.307 e. The van der Waals surface area contributed by atoms with Crippen LogP contribution in [0.4, 0.5) is 5.69 Å². The standard InChI is InChI=1S/C22H26N4O4/c1-29-16-6-7-19(30-2)17(10-16)21-18(26-12-15(23)5-8-20(26)24-21)13-25-9-3-4-14(11-25)22(27)28/h5-8,10,12,14H,3-4,9,11,13,23H2,1-2H3,(H,27,28). The monoisotopic (exact) mass is 410 g/mol. The third kappa shape index (κ3) is 3.78. The summed E-state index contributed by atoms with van der Waals surface area (Å²) in [4.78, 5) is 18.5. The zero-order valence-electron chi connectivity index (χ0n) is 17.2. The van der Waals surface area contributed by atoms with E-state index in [2.05, 4.69) is 4.90 Å². The lowest BCUT2D eigenvalue weighted by atomic mass is 9.98. The molecule has 0 bridgehead atoms. The van der Waals surface area contributed by atoms with Gasteiger partial charge in [0.25, 0.3) is 0 Å². The summed E-state index contributed by atoms with van der Waals surface area (Å²) in [6, 6.07) is 9.31. The van der Waals surface area contributed by atoms with E-state index in [1.165, 1.54) is 0 Å². The fourth-order valence-corrected chi connectivity index (χ4v) is 4.09. The number of imidazole rings is 1. The molecule has 1 aliphatic heterocycles. The number of carboxylic acid groups (broad SMARTS) is 1. The number of fused-ring (bicyclic) bond motifs is 1. The molecule has 2 aromatic heterocycles. The average Bonchev–Trinajstić information content (AvgIpc) is 3.10. The molecule has 30 heavy (non-hydrogen) atoms. The Bertz CT molecular complexity index is 1080. The molecule has 0 radical (unpaired) electrons. The minimum atomic E-state index is -0.739. The van der Waals surface area contributed by atoms with Crippen LogP contribution in [-0.4, -0.2) is 52.7 Å². The molecule has 0 saturated carbocycles. The number of piperidine rings is 1. The minimum absolute atomic E-state index is 0.349. The molecule has 1 fully saturated rings. The highest BCUT2D eigenvalue weighted by atomic mass is 16.5. The van der Waals surface area contributed by atoms with Crippen LogP contribution in [0, 0.1) is 5.92 Å². The predicted octanol–water partition coefficient (Wildman–Crippen LogP) is 2.90. The maximum absolute atomic E-state index is 11.5. The lowest BCUT2D eigenvalue weighted by Gasteiger charge is -2.30. The molecule has 1 aliphatic rings. The van der Waals surface area contributed by atoms with Crippen molar-refractivity contribution < 1.29 is 19.4 Å². The molecule has 8 heteroatoms. The van der Waals surface area contributed by atoms with Crippen molar-refractivity contribution in [3.8, 4) is 22.8 Å². The Balaban J connectivity index is 1.82. The summed E-state index contributed by atoms with van der Waals surface area (Å²) < 4.78 is 13.0. The fraction of sp³-hybridized carbons (Fsp3) is 0.364. The van der Waals surface area contributed by atoms with Crippen LogP contribution >= 0.6 is 0 Å². The van der Waals surface area contributed by atoms with Crippen molar-refractivity contribution in [2.75, 3.05) is 33.0 Å². The van der Waals surface area contributed by atoms with Gasteiger partial charge in [-0.2, -0.15) is 0 Å². The van der Waals surface area contributed by atoms with Gasteiger partial charge in [0.05, 0.1) is 31.5 Å². The molecule has 3 N–H and O–H groups in total. The molecule has 3 aromatic rings. The average molecular weight is 410 g/mol. The maximum atomic E-state index is 11.5. The lowest BCUT2D eigenvalue weighted by Crippen LogP contribution is -2.38. The van der Waals surface area contributed by atoms with E-state index in [0.29, 0.717) is 36.7 Å². The Labute approximate surface area is 174 Å². The molecule has 0 aliphatic carbocycles. The number of anilines is 1. The van der Waals surface area contributed by atoms with Crippen molar-refractivity contribution in [2.45, 2.75) is 19.4 Å². The van der Waals surface area contributed by atoms with Crippen LogP contribution < -0.4 is 15.2 Å². The van der Waals surface area contributed by atoms with E-state index in [9.17, 15) is 9.90 Å². The summed E-state index contributed by atoms with van der Waals surface area (Å²) in [6.07, 6.45) is 3.42. The Morgan fingerprint density at radius 3 is 2.83 bits per heavy atom. The quantitative estimate of drug-likeness (QED) is 0.644. The second kappa shape index (κ2) is 8.23. The first-order valence-corrected chi connectivity index (χ1v) is 9.94. The normalized spacial score (nSPS) is 17.2. The van der Waals surface area contributed by atoms with Gasteiger partial charge < -0.3 is 24.7 Å². The highest BCUT2D eigenvalue weighted by Gasteiger charge is 2.27. The summed E-state index contributed by atoms with van der Waals surface area (Å²) in [5, 5.41) is 9.46. The number of aliphatic carboxylic acids is 1. The lowest BCUT2D eigenvalue weighted by molar-refractivity contribution is -0.143. The molecule has 1 atom stereocenters. The molecule has 158 valence electrons. The van der Waals surface area contributed by atoms with Gasteiger partial charge in [-0.3, -0.25) is 9.69 Å². The number of carboxylic acids is 1. The number of hydrogen-bond acceptors (Lipinski definition) is 6. The molecule has 0 spiro atoms. The van der Waals surface area contributed by atoms with Gasteiger partial charge in [-0.25, -0.2) is 4.98 Å². The first kappa shape index (κ1) is 20.0. The topological polar surface area (TPSA) is 102 Å². The van der Waals surface area contributed by atoms with Gasteiger partial charge in [-0.15, -0.1) is 0 Å². The summed E-state index contributed by atoms with van der Waals surface area (Å²) in [6.45, 7) is 1.91. The van der Waals surface area contributed by atoms with Crippen molar-refractivity contribution in [1.29, 1.82) is 0 Å². The number of nitrogens with two attached hydrogens (primary N) is 1. The van der Waals surface area contributed by atoms with E-state index in [-0.39, 0.29) is 5.92 Å². The molecule has 1 unspecified atom stereocenters. The van der Waals surface area contributed by atoms with Crippen LogP contribution in [0.3, 0.4) is 0 Å². The minimum Gasteiger partial charge on any atom is -0.497 e. The van der Waals surface area contributed by atoms with Gasteiger partial charge in [-0.1, -0.05) is 0 Å². The second-order valence-corrected chi connectivity index (χ2v) is 7.58. The zero-order valence-corrected chi connectivity index (χ0v) is 17.2. The number of nitrogen functional groups attached to an aromatic ring is 1. The summed E-state index contributed by atoms with van der Waals surface area (Å²) in [5.41, 5.74) is 9.99. The number of pyridine rings is 1. The van der Waals surface area contributed by atoms with Crippen LogP contribution in [-0.2, 0) is 11.3 Å². The number of methoxy groups -OCH3 is 2. The van der Waals surface area contributed by atoms with E-state index in [1.807, 2.05) is 40.9 Å². The predicted molar refractivity (Wildman–Crippen MR) is 114 cm³/mol. The number of benzene rings is 1. The third-order valence-electron chi connectivity index (χ3n) is 5.63. The number of likely N-dealkylation sites (tertiary alicyclic amines) is 1. The van der Waals surface area contributed by atoms with Crippen LogP contribution in [0.1, 0.15) is 18.5 Å². The Morgan fingerprint density at radius 2 is 2.10 bits per heavy atom. The SMILES string of the molecule is COc1ccc(OC)c(-c2nc3ccc(N)cn3c2CN2CCCC(C(=O)O)C2)c1. The van der Waals surface area contributed by atoms with E-state index in [0.717, 1.165) is 35.6 Å². The van der Waals surface area contributed by atoms with Crippen LogP contribution in [0.5, 0.6) is 11.5 Å². The third-order valence-corrected chi connectivity index (χ3v) is 5.63. The van der Waals surface area contributed by atoms with Crippen molar-refractivity contribution in [2.24, 2.45) is 5.92 Å². The number of nitrogens with zero attached hydrogens (tertiary/aromatic N) is 3. The Hall–Kier alpha value is -3.26. The number of rotatable bonds is 6. The summed E-state index contributed by atoms with van der Waals surface area (Å²) in [5.74, 6) is 0.308. The largest absolute Gasteiger partial charge is 0.497 e. The first-order chi connectivity index (χ1) is 14.5. The van der Waals surface area contributed by atoms with Gasteiger partial charge >= 0.3 is 5.97 Å². The van der Waals surface area contributed by atoms with Crippen molar-refractivity contribution in [3.05, 3.63) is 42.2 Å². The van der Waals surface area contributed by atoms with Crippen LogP contribution in [0.2, 0.25) is 0 Å². The Morgan fingerprint density at radius 1 is 1.27 bits per heavy atom. The summed E-state index contributed by atoms with van der Waals surface area (Å²) in [7, 11) is 3.25. The number of hydrogen-bond donors (Lipinski definition) is 2. The van der Waals surface area contributed by atoms with E-state index in [4.69, 9.17) is 20.2 Å². The van der Waals surface area contributed by atoms with Crippen molar-refractivity contribution in [3.63, 3.8) is 0 Å². The highest BCUT2D eigenvalue weighted by molar-refractivity contribution is 5.74.